The summed E-state index contributed by atoms with van der Waals surface area (Å²) in [5.41, 5.74) is -0.529. The summed E-state index contributed by atoms with van der Waals surface area (Å²) in [5, 5.41) is 6.74. The van der Waals surface area contributed by atoms with E-state index in [1.807, 2.05) is 0 Å². The van der Waals surface area contributed by atoms with Gasteiger partial charge in [-0.1, -0.05) is 0 Å². The third-order valence-corrected chi connectivity index (χ3v) is 3.70. The van der Waals surface area contributed by atoms with Crippen LogP contribution in [0.1, 0.15) is 71.7 Å². The zero-order valence-corrected chi connectivity index (χ0v) is 16.3. The van der Waals surface area contributed by atoms with E-state index in [2.05, 4.69) is 10.5 Å². The Labute approximate surface area is 153 Å². The van der Waals surface area contributed by atoms with Gasteiger partial charge in [0.2, 0.25) is 6.79 Å². The molecule has 1 heterocycles. The molecule has 1 atom stereocenters. The molecule has 1 aromatic heterocycles. The van der Waals surface area contributed by atoms with Gasteiger partial charge in [0.05, 0.1) is 17.0 Å². The summed E-state index contributed by atoms with van der Waals surface area (Å²) in [6.07, 6.45) is 1.76. The van der Waals surface area contributed by atoms with Gasteiger partial charge >= 0.3 is 12.1 Å². The minimum atomic E-state index is -0.618. The molecule has 2 rings (SSSR count). The average molecular weight is 368 g/mol. The van der Waals surface area contributed by atoms with Crippen LogP contribution in [0.25, 0.3) is 0 Å². The molecule has 0 saturated carbocycles. The van der Waals surface area contributed by atoms with Crippen LogP contribution in [0.2, 0.25) is 0 Å². The lowest BCUT2D eigenvalue weighted by molar-refractivity contribution is -0.159. The van der Waals surface area contributed by atoms with Crippen molar-refractivity contribution in [2.24, 2.45) is 5.41 Å². The van der Waals surface area contributed by atoms with Crippen LogP contribution in [-0.4, -0.2) is 29.6 Å². The van der Waals surface area contributed by atoms with Gasteiger partial charge in [0, 0.05) is 6.42 Å². The summed E-state index contributed by atoms with van der Waals surface area (Å²) in [6, 6.07) is -0.326. The summed E-state index contributed by atoms with van der Waals surface area (Å²) >= 11 is 0. The van der Waals surface area contributed by atoms with E-state index >= 15 is 0 Å². The molecule has 0 aromatic carbocycles. The predicted octanol–water partition coefficient (Wildman–Crippen LogP) is 3.50. The number of aromatic nitrogens is 1. The van der Waals surface area contributed by atoms with Crippen molar-refractivity contribution in [1.29, 1.82) is 0 Å². The van der Waals surface area contributed by atoms with E-state index in [9.17, 15) is 9.59 Å². The smallest absolute Gasteiger partial charge is 0.408 e. The fourth-order valence-electron chi connectivity index (χ4n) is 2.50. The van der Waals surface area contributed by atoms with Gasteiger partial charge in [-0.25, -0.2) is 4.79 Å². The lowest BCUT2D eigenvalue weighted by Crippen LogP contribution is -2.36. The van der Waals surface area contributed by atoms with E-state index in [1.54, 1.807) is 41.5 Å². The fraction of sp³-hybridized carbons (Fsp3) is 0.722. The fourth-order valence-corrected chi connectivity index (χ4v) is 2.50. The molecular formula is C18H28N2O6. The van der Waals surface area contributed by atoms with Crippen molar-refractivity contribution in [3.8, 4) is 5.88 Å². The number of carbonyl (C=O) groups excluding carboxylic acids is 2. The second-order valence-electron chi connectivity index (χ2n) is 8.36. The zero-order valence-electron chi connectivity index (χ0n) is 16.3. The monoisotopic (exact) mass is 368 g/mol. The molecule has 26 heavy (non-hydrogen) atoms. The number of carbonyl (C=O) groups is 2. The Kier molecular flexibility index (Phi) is 5.83. The predicted molar refractivity (Wildman–Crippen MR) is 92.6 cm³/mol. The molecule has 1 aromatic rings. The number of nitrogens with one attached hydrogen (secondary N) is 1. The molecule has 0 bridgehead atoms. The number of hydrogen-bond donors (Lipinski definition) is 1. The van der Waals surface area contributed by atoms with Gasteiger partial charge in [-0.05, 0) is 59.5 Å². The molecule has 1 N–H and O–H groups in total. The Bertz CT molecular complexity index is 654. The summed E-state index contributed by atoms with van der Waals surface area (Å²) in [6.45, 7) is 10.4. The van der Waals surface area contributed by atoms with Gasteiger partial charge in [-0.2, -0.15) is 0 Å². The van der Waals surface area contributed by atoms with E-state index in [0.717, 1.165) is 6.42 Å². The number of rotatable bonds is 4. The van der Waals surface area contributed by atoms with Gasteiger partial charge in [0.1, 0.15) is 11.4 Å². The Morgan fingerprint density at radius 3 is 2.54 bits per heavy atom. The van der Waals surface area contributed by atoms with Crippen LogP contribution in [0.4, 0.5) is 4.79 Å². The van der Waals surface area contributed by atoms with Crippen molar-refractivity contribution >= 4 is 12.1 Å². The number of hydrogen-bond acceptors (Lipinski definition) is 7. The average Bonchev–Trinajstić information content (AvgIpc) is 2.88. The Balaban J connectivity index is 2.03. The topological polar surface area (TPSA) is 99.9 Å². The standard InChI is InChI=1S/C18H28N2O6/c1-17(2,3)15(21)24-10-23-14-13-11(8-7-9-12(13)26-20-14)19-16(22)25-18(4,5)6/h11H,7-10H2,1-6H3,(H,19,22)/t11-/m1/s1. The number of amides is 1. The number of fused-ring (bicyclic) bond motifs is 1. The summed E-state index contributed by atoms with van der Waals surface area (Å²) < 4.78 is 21.2. The molecule has 0 spiro atoms. The van der Waals surface area contributed by atoms with E-state index in [4.69, 9.17) is 18.7 Å². The maximum atomic E-state index is 12.1. The van der Waals surface area contributed by atoms with Crippen LogP contribution >= 0.6 is 0 Å². The van der Waals surface area contributed by atoms with Crippen molar-refractivity contribution in [2.75, 3.05) is 6.79 Å². The first-order valence-electron chi connectivity index (χ1n) is 8.75. The molecule has 0 aliphatic heterocycles. The quantitative estimate of drug-likeness (QED) is 0.641. The number of aryl methyl sites for hydroxylation is 1. The minimum absolute atomic E-state index is 0.225. The number of alkyl carbamates (subject to hydrolysis) is 1. The SMILES string of the molecule is CC(C)(C)OC(=O)N[C@@H]1CCCc2onc(OCOC(=O)C(C)(C)C)c21. The summed E-state index contributed by atoms with van der Waals surface area (Å²) in [5.74, 6) is 0.509. The highest BCUT2D eigenvalue weighted by atomic mass is 16.7. The first-order valence-corrected chi connectivity index (χ1v) is 8.75. The largest absolute Gasteiger partial charge is 0.444 e. The Hall–Kier alpha value is -2.25. The number of esters is 1. The van der Waals surface area contributed by atoms with Gasteiger partial charge < -0.3 is 24.1 Å². The maximum absolute atomic E-state index is 12.1. The lowest BCUT2D eigenvalue weighted by atomic mass is 9.93. The van der Waals surface area contributed by atoms with Crippen LogP contribution in [-0.2, 0) is 20.7 Å². The van der Waals surface area contributed by atoms with Gasteiger partial charge in [0.15, 0.2) is 0 Å². The second kappa shape index (κ2) is 7.55. The van der Waals surface area contributed by atoms with Crippen molar-refractivity contribution in [3.05, 3.63) is 11.3 Å². The normalized spacial score (nSPS) is 17.2. The first kappa shape index (κ1) is 20.1. The van der Waals surface area contributed by atoms with Crippen LogP contribution < -0.4 is 10.1 Å². The Morgan fingerprint density at radius 2 is 1.92 bits per heavy atom. The molecule has 0 fully saturated rings. The van der Waals surface area contributed by atoms with Crippen LogP contribution in [0.15, 0.2) is 4.52 Å². The lowest BCUT2D eigenvalue weighted by Gasteiger charge is -2.25. The molecule has 1 aliphatic carbocycles. The molecule has 0 saturated heterocycles. The Morgan fingerprint density at radius 1 is 1.23 bits per heavy atom. The van der Waals surface area contributed by atoms with Crippen LogP contribution in [0.5, 0.6) is 5.88 Å². The third kappa shape index (κ3) is 5.37. The van der Waals surface area contributed by atoms with Gasteiger partial charge in [-0.3, -0.25) is 4.79 Å². The number of ether oxygens (including phenoxy) is 3. The van der Waals surface area contributed by atoms with Crippen LogP contribution in [0, 0.1) is 5.41 Å². The molecule has 0 radical (unpaired) electrons. The highest BCUT2D eigenvalue weighted by Crippen LogP contribution is 2.36. The van der Waals surface area contributed by atoms with Gasteiger partial charge in [-0.15, -0.1) is 0 Å². The molecule has 1 aliphatic rings. The van der Waals surface area contributed by atoms with E-state index in [-0.39, 0.29) is 24.7 Å². The first-order chi connectivity index (χ1) is 12.0. The molecule has 1 amide bonds. The molecule has 0 unspecified atom stereocenters. The van der Waals surface area contributed by atoms with Crippen LogP contribution in [0.3, 0.4) is 0 Å². The zero-order chi connectivity index (χ0) is 19.5. The molecule has 8 heteroatoms. The third-order valence-electron chi connectivity index (χ3n) is 3.70. The van der Waals surface area contributed by atoms with Crippen molar-refractivity contribution in [2.45, 2.75) is 72.4 Å². The highest BCUT2D eigenvalue weighted by Gasteiger charge is 2.32. The van der Waals surface area contributed by atoms with Crippen molar-refractivity contribution in [1.82, 2.24) is 10.5 Å². The minimum Gasteiger partial charge on any atom is -0.444 e. The van der Waals surface area contributed by atoms with Crippen molar-refractivity contribution in [3.63, 3.8) is 0 Å². The molecule has 8 nitrogen and oxygen atoms in total. The van der Waals surface area contributed by atoms with Gasteiger partial charge in [0.25, 0.3) is 5.88 Å². The van der Waals surface area contributed by atoms with E-state index in [0.29, 0.717) is 24.2 Å². The highest BCUT2D eigenvalue weighted by molar-refractivity contribution is 5.75. The van der Waals surface area contributed by atoms with E-state index < -0.39 is 17.1 Å². The molecule has 146 valence electrons. The number of nitrogens with zero attached hydrogens (tertiary/aromatic N) is 1. The summed E-state index contributed by atoms with van der Waals surface area (Å²) in [4.78, 5) is 23.9. The second-order valence-corrected chi connectivity index (χ2v) is 8.36. The van der Waals surface area contributed by atoms with E-state index in [1.165, 1.54) is 0 Å². The molecular weight excluding hydrogens is 340 g/mol. The summed E-state index contributed by atoms with van der Waals surface area (Å²) in [7, 11) is 0. The maximum Gasteiger partial charge on any atom is 0.408 e. The van der Waals surface area contributed by atoms with Crippen molar-refractivity contribution < 1.29 is 28.3 Å².